The molecule has 1 heterocycles. The van der Waals surface area contributed by atoms with Gasteiger partial charge in [0, 0.05) is 31.2 Å². The predicted molar refractivity (Wildman–Crippen MR) is 106 cm³/mol. The third-order valence-electron chi connectivity index (χ3n) is 5.01. The van der Waals surface area contributed by atoms with Crippen LogP contribution in [0.15, 0.2) is 23.1 Å². The molecule has 2 atom stereocenters. The van der Waals surface area contributed by atoms with Gasteiger partial charge in [0.05, 0.1) is 4.90 Å². The summed E-state index contributed by atoms with van der Waals surface area (Å²) >= 11 is 0. The van der Waals surface area contributed by atoms with Crippen molar-refractivity contribution in [3.05, 3.63) is 29.3 Å². The second kappa shape index (κ2) is 9.17. The van der Waals surface area contributed by atoms with Crippen molar-refractivity contribution in [2.75, 3.05) is 26.2 Å². The summed E-state index contributed by atoms with van der Waals surface area (Å²) in [5, 5.41) is 0. The van der Waals surface area contributed by atoms with E-state index in [0.29, 0.717) is 43.2 Å². The van der Waals surface area contributed by atoms with Gasteiger partial charge in [0.25, 0.3) is 5.91 Å². The lowest BCUT2D eigenvalue weighted by Crippen LogP contribution is -2.35. The van der Waals surface area contributed by atoms with Crippen LogP contribution in [0.2, 0.25) is 0 Å². The Labute approximate surface area is 163 Å². The molecule has 0 radical (unpaired) electrons. The Hall–Kier alpha value is -1.15. The smallest absolute Gasteiger partial charge is 0.254 e. The van der Waals surface area contributed by atoms with E-state index in [2.05, 4.69) is 0 Å². The first-order chi connectivity index (χ1) is 11.8. The molecular weight excluding hydrogens is 374 g/mol. The van der Waals surface area contributed by atoms with E-state index in [0.717, 1.165) is 6.42 Å². The molecule has 0 aliphatic carbocycles. The van der Waals surface area contributed by atoms with Crippen LogP contribution in [0, 0.1) is 12.8 Å². The summed E-state index contributed by atoms with van der Waals surface area (Å²) in [4.78, 5) is 14.9. The number of carbonyl (C=O) groups is 1. The monoisotopic (exact) mass is 403 g/mol. The number of sulfonamides is 1. The average molecular weight is 404 g/mol. The summed E-state index contributed by atoms with van der Waals surface area (Å²) in [6, 6.07) is 5.06. The molecule has 1 aromatic rings. The van der Waals surface area contributed by atoms with Crippen molar-refractivity contribution in [3.63, 3.8) is 0 Å². The lowest BCUT2D eigenvalue weighted by molar-refractivity contribution is 0.0743. The average Bonchev–Trinajstić information content (AvgIpc) is 2.96. The van der Waals surface area contributed by atoms with Crippen LogP contribution in [0.25, 0.3) is 0 Å². The molecule has 1 amide bonds. The Balaban J connectivity index is 0.00000338. The number of halogens is 1. The molecule has 0 bridgehead atoms. The van der Waals surface area contributed by atoms with Crippen molar-refractivity contribution in [1.29, 1.82) is 0 Å². The van der Waals surface area contributed by atoms with Crippen LogP contribution < -0.4 is 5.73 Å². The minimum absolute atomic E-state index is 0. The van der Waals surface area contributed by atoms with Crippen molar-refractivity contribution in [1.82, 2.24) is 9.21 Å². The first-order valence-electron chi connectivity index (χ1n) is 8.88. The van der Waals surface area contributed by atoms with Crippen molar-refractivity contribution in [2.45, 2.75) is 45.1 Å². The van der Waals surface area contributed by atoms with Gasteiger partial charge in [-0.1, -0.05) is 19.9 Å². The fourth-order valence-electron chi connectivity index (χ4n) is 3.48. The Kier molecular flexibility index (Phi) is 8.07. The lowest BCUT2D eigenvalue weighted by atomic mass is 10.1. The molecule has 8 heteroatoms. The first kappa shape index (κ1) is 22.9. The highest BCUT2D eigenvalue weighted by Gasteiger charge is 2.33. The molecule has 1 aliphatic rings. The van der Waals surface area contributed by atoms with Crippen molar-refractivity contribution >= 4 is 28.3 Å². The van der Waals surface area contributed by atoms with E-state index in [-0.39, 0.29) is 29.3 Å². The van der Waals surface area contributed by atoms with Crippen molar-refractivity contribution < 1.29 is 13.2 Å². The van der Waals surface area contributed by atoms with Gasteiger partial charge in [-0.2, -0.15) is 4.31 Å². The number of benzene rings is 1. The molecule has 1 saturated heterocycles. The molecule has 1 aromatic carbocycles. The molecule has 2 N–H and O–H groups in total. The fraction of sp³-hybridized carbons (Fsp3) is 0.611. The zero-order valence-electron chi connectivity index (χ0n) is 15.9. The van der Waals surface area contributed by atoms with E-state index in [1.165, 1.54) is 10.4 Å². The molecule has 0 spiro atoms. The third-order valence-corrected chi connectivity index (χ3v) is 7.21. The van der Waals surface area contributed by atoms with Gasteiger partial charge in [-0.15, -0.1) is 12.4 Å². The van der Waals surface area contributed by atoms with Gasteiger partial charge in [-0.25, -0.2) is 8.42 Å². The van der Waals surface area contributed by atoms with E-state index in [4.69, 9.17) is 5.73 Å². The highest BCUT2D eigenvalue weighted by molar-refractivity contribution is 7.89. The van der Waals surface area contributed by atoms with Crippen LogP contribution in [0.4, 0.5) is 0 Å². The van der Waals surface area contributed by atoms with E-state index < -0.39 is 10.0 Å². The van der Waals surface area contributed by atoms with Gasteiger partial charge in [-0.3, -0.25) is 4.79 Å². The van der Waals surface area contributed by atoms with E-state index in [1.54, 1.807) is 24.0 Å². The molecule has 148 valence electrons. The van der Waals surface area contributed by atoms with Crippen LogP contribution in [-0.2, 0) is 10.0 Å². The van der Waals surface area contributed by atoms with Gasteiger partial charge in [-0.05, 0) is 50.4 Å². The van der Waals surface area contributed by atoms with Crippen molar-refractivity contribution in [2.24, 2.45) is 11.7 Å². The van der Waals surface area contributed by atoms with Crippen LogP contribution in [0.3, 0.4) is 0 Å². The standard InChI is InChI=1S/C18H29N3O3S.ClH/c1-5-20(6-2)25(23,24)17-10-16(8-7-13(17)3)18(22)21-12-15(11-19)9-14(21)4;/h7-8,10,14-15H,5-6,9,11-12,19H2,1-4H3;1H. The SMILES string of the molecule is CCN(CC)S(=O)(=O)c1cc(C(=O)N2CC(CN)CC2C)ccc1C.Cl. The Morgan fingerprint density at radius 2 is 1.92 bits per heavy atom. The number of likely N-dealkylation sites (tertiary alicyclic amines) is 1. The Morgan fingerprint density at radius 1 is 1.31 bits per heavy atom. The van der Waals surface area contributed by atoms with Gasteiger partial charge < -0.3 is 10.6 Å². The van der Waals surface area contributed by atoms with Gasteiger partial charge in [0.1, 0.15) is 0 Å². The maximum atomic E-state index is 12.9. The maximum absolute atomic E-state index is 12.9. The minimum atomic E-state index is -3.60. The number of carbonyl (C=O) groups excluding carboxylic acids is 1. The Bertz CT molecular complexity index is 735. The fourth-order valence-corrected chi connectivity index (χ4v) is 5.18. The highest BCUT2D eigenvalue weighted by atomic mass is 35.5. The van der Waals surface area contributed by atoms with E-state index >= 15 is 0 Å². The molecule has 1 fully saturated rings. The normalized spacial score (nSPS) is 20.3. The molecular formula is C18H30ClN3O3S. The third kappa shape index (κ3) is 4.39. The zero-order chi connectivity index (χ0) is 18.8. The predicted octanol–water partition coefficient (Wildman–Crippen LogP) is 2.26. The number of nitrogens with two attached hydrogens (primary N) is 1. The summed E-state index contributed by atoms with van der Waals surface area (Å²) in [6.07, 6.45) is 0.888. The summed E-state index contributed by atoms with van der Waals surface area (Å²) in [5.41, 5.74) is 6.81. The van der Waals surface area contributed by atoms with Gasteiger partial charge in [0.2, 0.25) is 10.0 Å². The summed E-state index contributed by atoms with van der Waals surface area (Å²) in [7, 11) is -3.60. The number of nitrogens with zero attached hydrogens (tertiary/aromatic N) is 2. The molecule has 6 nitrogen and oxygen atoms in total. The van der Waals surface area contributed by atoms with Crippen LogP contribution in [0.5, 0.6) is 0 Å². The second-order valence-electron chi connectivity index (χ2n) is 6.71. The van der Waals surface area contributed by atoms with Gasteiger partial charge in [0.15, 0.2) is 0 Å². The van der Waals surface area contributed by atoms with Crippen LogP contribution in [-0.4, -0.2) is 55.8 Å². The Morgan fingerprint density at radius 3 is 2.42 bits per heavy atom. The number of aryl methyl sites for hydroxylation is 1. The second-order valence-corrected chi connectivity index (χ2v) is 8.62. The zero-order valence-corrected chi connectivity index (χ0v) is 17.6. The largest absolute Gasteiger partial charge is 0.336 e. The first-order valence-corrected chi connectivity index (χ1v) is 10.3. The van der Waals surface area contributed by atoms with E-state index in [9.17, 15) is 13.2 Å². The number of hydrogen-bond acceptors (Lipinski definition) is 4. The minimum Gasteiger partial charge on any atom is -0.336 e. The molecule has 0 saturated carbocycles. The quantitative estimate of drug-likeness (QED) is 0.789. The summed E-state index contributed by atoms with van der Waals surface area (Å²) in [5.74, 6) is 0.183. The molecule has 2 unspecified atom stereocenters. The highest BCUT2D eigenvalue weighted by Crippen LogP contribution is 2.26. The number of amides is 1. The van der Waals surface area contributed by atoms with Crippen molar-refractivity contribution in [3.8, 4) is 0 Å². The summed E-state index contributed by atoms with van der Waals surface area (Å²) in [6.45, 7) is 9.37. The number of rotatable bonds is 6. The lowest BCUT2D eigenvalue weighted by Gasteiger charge is -2.23. The summed E-state index contributed by atoms with van der Waals surface area (Å²) < 4.78 is 27.1. The molecule has 2 rings (SSSR count). The van der Waals surface area contributed by atoms with Crippen LogP contribution >= 0.6 is 12.4 Å². The van der Waals surface area contributed by atoms with E-state index in [1.807, 2.05) is 20.8 Å². The number of hydrogen-bond donors (Lipinski definition) is 1. The topological polar surface area (TPSA) is 83.7 Å². The molecule has 0 aromatic heterocycles. The maximum Gasteiger partial charge on any atom is 0.254 e. The van der Waals surface area contributed by atoms with Crippen LogP contribution in [0.1, 0.15) is 43.1 Å². The molecule has 1 aliphatic heterocycles. The van der Waals surface area contributed by atoms with Gasteiger partial charge >= 0.3 is 0 Å². The molecule has 26 heavy (non-hydrogen) atoms.